The Morgan fingerprint density at radius 1 is 0.852 bits per heavy atom. The number of hydrogen-bond donors (Lipinski definition) is 0. The molecule has 0 radical (unpaired) electrons. The number of rotatable bonds is 13. The number of benzene rings is 1. The molecule has 1 aromatic carbocycles. The van der Waals surface area contributed by atoms with Crippen molar-refractivity contribution in [2.24, 2.45) is 0 Å². The third-order valence-corrected chi connectivity index (χ3v) is 5.24. The standard InChI is InChI=1S/C16H36N.C7H5ClO2/c1-5-9-13-17(14-10-6-2,15-11-7-3)16-12-8-4;8-6-3-1-2-5(4-6)7(9)10/h5-16H2,1-4H3;1-4H,(H,9,10)/q+1;/p-1. The Morgan fingerprint density at radius 2 is 1.26 bits per heavy atom. The van der Waals surface area contributed by atoms with Crippen molar-refractivity contribution in [2.75, 3.05) is 26.2 Å². The van der Waals surface area contributed by atoms with Crippen molar-refractivity contribution >= 4 is 17.6 Å². The molecular formula is C23H40ClNO2. The van der Waals surface area contributed by atoms with E-state index in [-0.39, 0.29) is 5.56 Å². The van der Waals surface area contributed by atoms with Crippen molar-refractivity contribution < 1.29 is 14.4 Å². The summed E-state index contributed by atoms with van der Waals surface area (Å²) in [6.45, 7) is 15.0. The number of carboxylic acids is 1. The van der Waals surface area contributed by atoms with Gasteiger partial charge in [0, 0.05) is 5.02 Å². The molecule has 0 aliphatic rings. The maximum atomic E-state index is 10.2. The lowest BCUT2D eigenvalue weighted by Crippen LogP contribution is -2.50. The molecule has 0 aliphatic heterocycles. The van der Waals surface area contributed by atoms with Crippen LogP contribution in [0.2, 0.25) is 5.02 Å². The molecule has 0 bridgehead atoms. The van der Waals surface area contributed by atoms with Crippen LogP contribution in [0, 0.1) is 0 Å². The van der Waals surface area contributed by atoms with Crippen molar-refractivity contribution in [3.63, 3.8) is 0 Å². The Kier molecular flexibility index (Phi) is 15.3. The Morgan fingerprint density at radius 3 is 1.52 bits per heavy atom. The van der Waals surface area contributed by atoms with Gasteiger partial charge >= 0.3 is 0 Å². The van der Waals surface area contributed by atoms with E-state index in [4.69, 9.17) is 11.6 Å². The topological polar surface area (TPSA) is 40.1 Å². The number of hydrogen-bond acceptors (Lipinski definition) is 2. The van der Waals surface area contributed by atoms with Gasteiger partial charge in [-0.15, -0.1) is 0 Å². The highest BCUT2D eigenvalue weighted by Gasteiger charge is 2.24. The maximum absolute atomic E-state index is 10.2. The average Bonchev–Trinajstić information content (AvgIpc) is 2.67. The minimum absolute atomic E-state index is 0.104. The van der Waals surface area contributed by atoms with Gasteiger partial charge in [0.05, 0.1) is 32.1 Å². The van der Waals surface area contributed by atoms with Gasteiger partial charge in [-0.05, 0) is 43.4 Å². The van der Waals surface area contributed by atoms with E-state index in [1.165, 1.54) is 94.2 Å². The van der Waals surface area contributed by atoms with Crippen LogP contribution in [0.1, 0.15) is 89.4 Å². The zero-order valence-electron chi connectivity index (χ0n) is 17.9. The summed E-state index contributed by atoms with van der Waals surface area (Å²) in [5.74, 6) is -1.21. The summed E-state index contributed by atoms with van der Waals surface area (Å²) in [5.41, 5.74) is 0.104. The zero-order valence-corrected chi connectivity index (χ0v) is 18.7. The number of carbonyl (C=O) groups is 1. The third-order valence-electron chi connectivity index (χ3n) is 5.00. The SMILES string of the molecule is CCCC[N+](CCCC)(CCCC)CCCC.O=C([O-])c1cccc(Cl)c1. The minimum atomic E-state index is -1.21. The van der Waals surface area contributed by atoms with Crippen molar-refractivity contribution in [1.29, 1.82) is 0 Å². The molecule has 0 saturated carbocycles. The molecule has 156 valence electrons. The Labute approximate surface area is 172 Å². The van der Waals surface area contributed by atoms with E-state index in [0.717, 1.165) is 0 Å². The predicted molar refractivity (Wildman–Crippen MR) is 115 cm³/mol. The first-order chi connectivity index (χ1) is 12.9. The fraction of sp³-hybridized carbons (Fsp3) is 0.696. The van der Waals surface area contributed by atoms with Gasteiger partial charge in [-0.1, -0.05) is 77.1 Å². The molecule has 0 aromatic heterocycles. The Hall–Kier alpha value is -1.06. The smallest absolute Gasteiger partial charge is 0.0786 e. The van der Waals surface area contributed by atoms with Crippen LogP contribution in [-0.4, -0.2) is 36.6 Å². The quantitative estimate of drug-likeness (QED) is 0.400. The second kappa shape index (κ2) is 15.9. The van der Waals surface area contributed by atoms with Crippen LogP contribution in [0.5, 0.6) is 0 Å². The Balaban J connectivity index is 0.000000569. The number of unbranched alkanes of at least 4 members (excludes halogenated alkanes) is 4. The van der Waals surface area contributed by atoms with Gasteiger partial charge < -0.3 is 14.4 Å². The average molecular weight is 398 g/mol. The molecule has 0 N–H and O–H groups in total. The molecule has 0 saturated heterocycles. The zero-order chi connectivity index (χ0) is 20.5. The number of nitrogens with zero attached hydrogens (tertiary/aromatic N) is 1. The number of aromatic carboxylic acids is 1. The van der Waals surface area contributed by atoms with Crippen molar-refractivity contribution in [2.45, 2.75) is 79.1 Å². The van der Waals surface area contributed by atoms with Crippen molar-refractivity contribution in [3.05, 3.63) is 34.9 Å². The molecule has 0 atom stereocenters. The van der Waals surface area contributed by atoms with Crippen molar-refractivity contribution in [1.82, 2.24) is 0 Å². The molecule has 0 unspecified atom stereocenters. The third kappa shape index (κ3) is 12.1. The van der Waals surface area contributed by atoms with Crippen LogP contribution >= 0.6 is 11.6 Å². The van der Waals surface area contributed by atoms with Gasteiger partial charge in [0.2, 0.25) is 0 Å². The van der Waals surface area contributed by atoms with Crippen LogP contribution in [-0.2, 0) is 0 Å². The van der Waals surface area contributed by atoms with E-state index in [2.05, 4.69) is 27.7 Å². The summed E-state index contributed by atoms with van der Waals surface area (Å²) in [6.07, 6.45) is 11.1. The molecule has 0 spiro atoms. The molecule has 0 amide bonds. The van der Waals surface area contributed by atoms with E-state index >= 15 is 0 Å². The molecule has 0 heterocycles. The van der Waals surface area contributed by atoms with Gasteiger partial charge in [-0.3, -0.25) is 0 Å². The second-order valence-corrected chi connectivity index (χ2v) is 7.88. The molecule has 0 aliphatic carbocycles. The molecule has 1 rings (SSSR count). The van der Waals surface area contributed by atoms with E-state index in [1.807, 2.05) is 0 Å². The fourth-order valence-electron chi connectivity index (χ4n) is 3.26. The largest absolute Gasteiger partial charge is 0.545 e. The summed E-state index contributed by atoms with van der Waals surface area (Å²) < 4.78 is 1.42. The van der Waals surface area contributed by atoms with Crippen LogP contribution < -0.4 is 5.11 Å². The highest BCUT2D eigenvalue weighted by molar-refractivity contribution is 6.30. The molecule has 0 fully saturated rings. The van der Waals surface area contributed by atoms with E-state index in [9.17, 15) is 9.90 Å². The van der Waals surface area contributed by atoms with Gasteiger partial charge in [-0.2, -0.15) is 0 Å². The van der Waals surface area contributed by atoms with Crippen LogP contribution in [0.4, 0.5) is 0 Å². The lowest BCUT2D eigenvalue weighted by molar-refractivity contribution is -0.929. The Bertz CT molecular complexity index is 467. The fourth-order valence-corrected chi connectivity index (χ4v) is 3.45. The molecule has 3 nitrogen and oxygen atoms in total. The number of halogens is 1. The minimum Gasteiger partial charge on any atom is -0.545 e. The van der Waals surface area contributed by atoms with Crippen LogP contribution in [0.3, 0.4) is 0 Å². The van der Waals surface area contributed by atoms with Gasteiger partial charge in [0.15, 0.2) is 0 Å². The summed E-state index contributed by atoms with van der Waals surface area (Å²) in [5, 5.41) is 10.6. The van der Waals surface area contributed by atoms with Gasteiger partial charge in [0.25, 0.3) is 0 Å². The van der Waals surface area contributed by atoms with Crippen molar-refractivity contribution in [3.8, 4) is 0 Å². The molecule has 4 heteroatoms. The molecule has 1 aromatic rings. The summed E-state index contributed by atoms with van der Waals surface area (Å²) >= 11 is 5.50. The predicted octanol–water partition coefficient (Wildman–Crippen LogP) is 5.71. The lowest BCUT2D eigenvalue weighted by atomic mass is 10.1. The lowest BCUT2D eigenvalue weighted by Gasteiger charge is -2.39. The molecule has 27 heavy (non-hydrogen) atoms. The normalized spacial score (nSPS) is 11.0. The highest BCUT2D eigenvalue weighted by atomic mass is 35.5. The summed E-state index contributed by atoms with van der Waals surface area (Å²) in [4.78, 5) is 10.2. The van der Waals surface area contributed by atoms with Gasteiger partial charge in [0.1, 0.15) is 0 Å². The number of carboxylic acid groups (broad SMARTS) is 1. The molecular weight excluding hydrogens is 358 g/mol. The monoisotopic (exact) mass is 397 g/mol. The second-order valence-electron chi connectivity index (χ2n) is 7.45. The first kappa shape index (κ1) is 25.9. The maximum Gasteiger partial charge on any atom is 0.0786 e. The first-order valence-electron chi connectivity index (χ1n) is 10.8. The highest BCUT2D eigenvalue weighted by Crippen LogP contribution is 2.16. The summed E-state index contributed by atoms with van der Waals surface area (Å²) in [7, 11) is 0. The number of carbonyl (C=O) groups excluding carboxylic acids is 1. The van der Waals surface area contributed by atoms with E-state index in [0.29, 0.717) is 5.02 Å². The van der Waals surface area contributed by atoms with E-state index < -0.39 is 5.97 Å². The van der Waals surface area contributed by atoms with E-state index in [1.54, 1.807) is 12.1 Å². The van der Waals surface area contributed by atoms with Crippen LogP contribution in [0.15, 0.2) is 24.3 Å². The number of quaternary nitrogens is 1. The summed E-state index contributed by atoms with van der Waals surface area (Å²) in [6, 6.07) is 5.94. The first-order valence-corrected chi connectivity index (χ1v) is 11.1. The van der Waals surface area contributed by atoms with Crippen LogP contribution in [0.25, 0.3) is 0 Å². The van der Waals surface area contributed by atoms with Gasteiger partial charge in [-0.25, -0.2) is 0 Å².